The lowest BCUT2D eigenvalue weighted by Crippen LogP contribution is -2.35. The van der Waals surface area contributed by atoms with Crippen LogP contribution in [-0.4, -0.2) is 44.3 Å². The zero-order valence-corrected chi connectivity index (χ0v) is 19.5. The average Bonchev–Trinajstić information content (AvgIpc) is 3.53. The van der Waals surface area contributed by atoms with Crippen molar-refractivity contribution in [1.29, 1.82) is 0 Å². The van der Waals surface area contributed by atoms with E-state index < -0.39 is 9.84 Å². The van der Waals surface area contributed by atoms with Crippen LogP contribution in [0.25, 0.3) is 0 Å². The van der Waals surface area contributed by atoms with E-state index in [4.69, 9.17) is 4.74 Å². The van der Waals surface area contributed by atoms with E-state index in [0.29, 0.717) is 23.3 Å². The maximum Gasteiger partial charge on any atom is 0.225 e. The molecule has 4 rings (SSSR count). The average molecular weight is 444 g/mol. The quantitative estimate of drug-likeness (QED) is 0.612. The van der Waals surface area contributed by atoms with Crippen molar-refractivity contribution >= 4 is 15.8 Å². The first kappa shape index (κ1) is 22.2. The fourth-order valence-electron chi connectivity index (χ4n) is 4.52. The number of nitrogens with zero attached hydrogens (tertiary/aromatic N) is 3. The van der Waals surface area contributed by atoms with E-state index in [0.717, 1.165) is 43.0 Å². The molecule has 2 aromatic rings. The zero-order chi connectivity index (χ0) is 22.0. The van der Waals surface area contributed by atoms with Gasteiger partial charge in [0.1, 0.15) is 0 Å². The molecule has 0 N–H and O–H groups in total. The van der Waals surface area contributed by atoms with Crippen molar-refractivity contribution in [2.75, 3.05) is 30.9 Å². The van der Waals surface area contributed by atoms with Crippen molar-refractivity contribution in [2.24, 2.45) is 17.8 Å². The van der Waals surface area contributed by atoms with Crippen LogP contribution < -0.4 is 4.90 Å². The molecule has 0 radical (unpaired) electrons. The van der Waals surface area contributed by atoms with Crippen LogP contribution in [0.1, 0.15) is 50.2 Å². The highest BCUT2D eigenvalue weighted by molar-refractivity contribution is 7.90. The fourth-order valence-corrected chi connectivity index (χ4v) is 5.15. The van der Waals surface area contributed by atoms with Gasteiger partial charge in [-0.1, -0.05) is 26.0 Å². The first-order valence-electron chi connectivity index (χ1n) is 11.2. The summed E-state index contributed by atoms with van der Waals surface area (Å²) in [5.41, 5.74) is 2.20. The number of sulfone groups is 1. The molecule has 1 aromatic heterocycles. The van der Waals surface area contributed by atoms with Crippen molar-refractivity contribution in [1.82, 2.24) is 9.97 Å². The Morgan fingerprint density at radius 2 is 1.74 bits per heavy atom. The number of hydrogen-bond acceptors (Lipinski definition) is 6. The van der Waals surface area contributed by atoms with E-state index in [1.54, 1.807) is 12.1 Å². The minimum absolute atomic E-state index is 0.353. The first-order valence-corrected chi connectivity index (χ1v) is 13.1. The van der Waals surface area contributed by atoms with Gasteiger partial charge < -0.3 is 9.64 Å². The number of piperidine rings is 1. The summed E-state index contributed by atoms with van der Waals surface area (Å²) in [6.07, 6.45) is 8.81. The molecule has 2 atom stereocenters. The first-order chi connectivity index (χ1) is 14.8. The molecule has 1 saturated heterocycles. The Balaban J connectivity index is 1.18. The summed E-state index contributed by atoms with van der Waals surface area (Å²) >= 11 is 0. The molecule has 1 aliphatic carbocycles. The van der Waals surface area contributed by atoms with E-state index in [9.17, 15) is 8.42 Å². The second kappa shape index (κ2) is 9.25. The highest BCUT2D eigenvalue weighted by Gasteiger charge is 2.43. The molecule has 31 heavy (non-hydrogen) atoms. The molecule has 2 heterocycles. The molecule has 168 valence electrons. The Bertz CT molecular complexity index is 966. The van der Waals surface area contributed by atoms with Gasteiger partial charge in [0.25, 0.3) is 0 Å². The van der Waals surface area contributed by atoms with Gasteiger partial charge in [-0.3, -0.25) is 0 Å². The van der Waals surface area contributed by atoms with Gasteiger partial charge in [-0.05, 0) is 66.2 Å². The summed E-state index contributed by atoms with van der Waals surface area (Å²) < 4.78 is 29.0. The third-order valence-electron chi connectivity index (χ3n) is 6.68. The Hall–Kier alpha value is -1.99. The summed E-state index contributed by atoms with van der Waals surface area (Å²) in [6.45, 7) is 7.71. The molecule has 2 aliphatic rings. The van der Waals surface area contributed by atoms with Gasteiger partial charge in [0, 0.05) is 31.7 Å². The Morgan fingerprint density at radius 3 is 2.32 bits per heavy atom. The molecule has 1 aliphatic heterocycles. The lowest BCUT2D eigenvalue weighted by molar-refractivity contribution is 0.104. The summed E-state index contributed by atoms with van der Waals surface area (Å²) in [5, 5.41) is 0. The number of hydrogen-bond donors (Lipinski definition) is 0. The SMILES string of the molecule is CC(C)c1cnc(N2CCC([C@H]3C[C@H]3COCc3ccc(S(C)(=O)=O)cc3)CC2)nc1. The fraction of sp³-hybridized carbons (Fsp3) is 0.583. The van der Waals surface area contributed by atoms with E-state index in [-0.39, 0.29) is 0 Å². The molecule has 0 unspecified atom stereocenters. The number of rotatable bonds is 8. The number of benzene rings is 1. The molecular formula is C24H33N3O3S. The summed E-state index contributed by atoms with van der Waals surface area (Å²) in [7, 11) is -3.14. The minimum atomic E-state index is -3.14. The van der Waals surface area contributed by atoms with Gasteiger partial charge in [0.15, 0.2) is 9.84 Å². The van der Waals surface area contributed by atoms with Crippen molar-refractivity contribution in [3.05, 3.63) is 47.8 Å². The molecule has 0 amide bonds. The van der Waals surface area contributed by atoms with Gasteiger partial charge in [-0.25, -0.2) is 18.4 Å². The van der Waals surface area contributed by atoms with Crippen molar-refractivity contribution in [3.8, 4) is 0 Å². The maximum absolute atomic E-state index is 11.5. The van der Waals surface area contributed by atoms with Crippen LogP contribution in [0.5, 0.6) is 0 Å². The largest absolute Gasteiger partial charge is 0.376 e. The van der Waals surface area contributed by atoms with Crippen molar-refractivity contribution < 1.29 is 13.2 Å². The monoisotopic (exact) mass is 443 g/mol. The smallest absolute Gasteiger partial charge is 0.225 e. The maximum atomic E-state index is 11.5. The Kier molecular flexibility index (Phi) is 6.63. The second-order valence-corrected chi connectivity index (χ2v) is 11.4. The molecule has 1 aromatic carbocycles. The topological polar surface area (TPSA) is 72.4 Å². The molecule has 7 heteroatoms. The van der Waals surface area contributed by atoms with Gasteiger partial charge in [-0.2, -0.15) is 0 Å². The van der Waals surface area contributed by atoms with Gasteiger partial charge in [0.2, 0.25) is 5.95 Å². The summed E-state index contributed by atoms with van der Waals surface area (Å²) in [6, 6.07) is 6.99. The highest BCUT2D eigenvalue weighted by atomic mass is 32.2. The van der Waals surface area contributed by atoms with Crippen LogP contribution in [0.2, 0.25) is 0 Å². The van der Waals surface area contributed by atoms with E-state index >= 15 is 0 Å². The predicted octanol–water partition coefficient (Wildman–Crippen LogP) is 4.07. The highest BCUT2D eigenvalue weighted by Crippen LogP contribution is 2.48. The third-order valence-corrected chi connectivity index (χ3v) is 7.81. The van der Waals surface area contributed by atoms with Crippen molar-refractivity contribution in [3.63, 3.8) is 0 Å². The molecule has 2 fully saturated rings. The molecule has 6 nitrogen and oxygen atoms in total. The lowest BCUT2D eigenvalue weighted by atomic mass is 9.91. The molecular weight excluding hydrogens is 410 g/mol. The van der Waals surface area contributed by atoms with E-state index in [1.807, 2.05) is 24.5 Å². The summed E-state index contributed by atoms with van der Waals surface area (Å²) in [4.78, 5) is 11.8. The number of anilines is 1. The van der Waals surface area contributed by atoms with Crippen molar-refractivity contribution in [2.45, 2.75) is 50.5 Å². The lowest BCUT2D eigenvalue weighted by Gasteiger charge is -2.32. The third kappa shape index (κ3) is 5.63. The van der Waals surface area contributed by atoms with Gasteiger partial charge >= 0.3 is 0 Å². The standard InChI is InChI=1S/C24H33N3O3S/c1-17(2)21-13-25-24(26-14-21)27-10-8-19(9-11-27)23-12-20(23)16-30-15-18-4-6-22(7-5-18)31(3,28)29/h4-7,13-14,17,19-20,23H,8-12,15-16H2,1-3H3/t20-,23+/m0/s1. The summed E-state index contributed by atoms with van der Waals surface area (Å²) in [5.74, 6) is 3.53. The van der Waals surface area contributed by atoms with Crippen LogP contribution in [0.4, 0.5) is 5.95 Å². The van der Waals surface area contributed by atoms with Crippen LogP contribution >= 0.6 is 0 Å². The number of ether oxygens (including phenoxy) is 1. The van der Waals surface area contributed by atoms with Crippen LogP contribution in [0.15, 0.2) is 41.6 Å². The molecule has 0 spiro atoms. The van der Waals surface area contributed by atoms with E-state index in [1.165, 1.54) is 31.1 Å². The van der Waals surface area contributed by atoms with Gasteiger partial charge in [0.05, 0.1) is 18.1 Å². The molecule has 0 bridgehead atoms. The molecule has 1 saturated carbocycles. The van der Waals surface area contributed by atoms with Crippen LogP contribution in [-0.2, 0) is 21.2 Å². The van der Waals surface area contributed by atoms with Crippen LogP contribution in [0.3, 0.4) is 0 Å². The normalized spacial score (nSPS) is 22.1. The van der Waals surface area contributed by atoms with Gasteiger partial charge in [-0.15, -0.1) is 0 Å². The van der Waals surface area contributed by atoms with Crippen LogP contribution in [0, 0.1) is 17.8 Å². The predicted molar refractivity (Wildman–Crippen MR) is 122 cm³/mol. The Labute approximate surface area is 186 Å². The minimum Gasteiger partial charge on any atom is -0.376 e. The second-order valence-electron chi connectivity index (χ2n) is 9.39. The Morgan fingerprint density at radius 1 is 1.10 bits per heavy atom. The van der Waals surface area contributed by atoms with E-state index in [2.05, 4.69) is 28.7 Å². The number of aromatic nitrogens is 2. The zero-order valence-electron chi connectivity index (χ0n) is 18.7.